The quantitative estimate of drug-likeness (QED) is 0.728. The Kier molecular flexibility index (Phi) is 4.18. The number of hydrogen-bond donors (Lipinski definition) is 3. The third-order valence-electron chi connectivity index (χ3n) is 5.80. The van der Waals surface area contributed by atoms with Gasteiger partial charge in [-0.25, -0.2) is 9.18 Å². The Bertz CT molecular complexity index is 960. The normalized spacial score (nSPS) is 22.3. The summed E-state index contributed by atoms with van der Waals surface area (Å²) in [4.78, 5) is 29.6. The summed E-state index contributed by atoms with van der Waals surface area (Å²) < 4.78 is 15.1. The lowest BCUT2D eigenvalue weighted by molar-refractivity contribution is 0.100. The molecule has 144 valence electrons. The molecule has 1 aromatic carbocycles. The summed E-state index contributed by atoms with van der Waals surface area (Å²) in [5.74, 6) is -1.05. The first kappa shape index (κ1) is 17.9. The van der Waals surface area contributed by atoms with E-state index in [0.29, 0.717) is 46.9 Å². The average Bonchev–Trinajstić information content (AvgIpc) is 3.16. The van der Waals surface area contributed by atoms with Gasteiger partial charge in [0.2, 0.25) is 0 Å². The van der Waals surface area contributed by atoms with Gasteiger partial charge in [-0.1, -0.05) is 11.6 Å². The van der Waals surface area contributed by atoms with E-state index in [1.54, 1.807) is 6.92 Å². The maximum Gasteiger partial charge on any atom is 0.407 e. The number of likely N-dealkylation sites (tertiary alicyclic amines) is 1. The molecule has 0 bridgehead atoms. The Morgan fingerprint density at radius 3 is 2.74 bits per heavy atom. The number of rotatable bonds is 2. The largest absolute Gasteiger partial charge is 0.465 e. The van der Waals surface area contributed by atoms with Gasteiger partial charge in [-0.05, 0) is 31.7 Å². The van der Waals surface area contributed by atoms with Gasteiger partial charge in [-0.2, -0.15) is 0 Å². The fourth-order valence-corrected chi connectivity index (χ4v) is 4.73. The molecule has 0 aliphatic carbocycles. The van der Waals surface area contributed by atoms with E-state index in [4.69, 9.17) is 17.3 Å². The Morgan fingerprint density at radius 1 is 1.37 bits per heavy atom. The molecule has 27 heavy (non-hydrogen) atoms. The van der Waals surface area contributed by atoms with Crippen molar-refractivity contribution in [2.45, 2.75) is 25.8 Å². The smallest absolute Gasteiger partial charge is 0.407 e. The van der Waals surface area contributed by atoms with Gasteiger partial charge in [0, 0.05) is 30.7 Å². The number of fused-ring (bicyclic) bond motifs is 2. The molecule has 2 fully saturated rings. The number of anilines is 1. The first-order chi connectivity index (χ1) is 12.8. The number of carboxylic acid groups (broad SMARTS) is 1. The fraction of sp³-hybridized carbons (Fsp3) is 0.444. The third kappa shape index (κ3) is 2.70. The topological polar surface area (TPSA) is 103 Å². The highest BCUT2D eigenvalue weighted by atomic mass is 35.5. The van der Waals surface area contributed by atoms with Crippen LogP contribution in [0, 0.1) is 18.7 Å². The second-order valence-corrected chi connectivity index (χ2v) is 7.64. The number of hydrogen-bond acceptors (Lipinski definition) is 3. The van der Waals surface area contributed by atoms with Gasteiger partial charge in [0.05, 0.1) is 27.8 Å². The van der Waals surface area contributed by atoms with Crippen LogP contribution in [0.3, 0.4) is 0 Å². The number of nitrogens with one attached hydrogen (secondary N) is 1. The van der Waals surface area contributed by atoms with Crippen LogP contribution in [0.15, 0.2) is 6.07 Å². The van der Waals surface area contributed by atoms with Crippen LogP contribution in [0.25, 0.3) is 10.9 Å². The molecule has 2 saturated heterocycles. The molecule has 2 amide bonds. The molecule has 2 aromatic rings. The summed E-state index contributed by atoms with van der Waals surface area (Å²) in [5.41, 5.74) is 6.76. The Hall–Kier alpha value is -2.48. The molecule has 0 spiro atoms. The van der Waals surface area contributed by atoms with Gasteiger partial charge < -0.3 is 25.6 Å². The zero-order valence-corrected chi connectivity index (χ0v) is 15.5. The maximum absolute atomic E-state index is 15.1. The predicted octanol–water partition coefficient (Wildman–Crippen LogP) is 2.95. The van der Waals surface area contributed by atoms with Crippen LogP contribution in [-0.2, 0) is 0 Å². The number of carbonyl (C=O) groups is 2. The highest BCUT2D eigenvalue weighted by molar-refractivity contribution is 6.38. The standard InChI is InChI=1S/C18H20ClFN4O3/c1-8-14(19)13-15(22-8)10(17(21)25)6-11(20)16(13)23-4-2-9-3-5-24(18(26)27)12(9)7-23/h6,9,12,22H,2-5,7H2,1H3,(H2,21,25)(H,26,27). The molecular weight excluding hydrogens is 375 g/mol. The number of carbonyl (C=O) groups excluding carboxylic acids is 1. The molecule has 2 atom stereocenters. The van der Waals surface area contributed by atoms with Crippen molar-refractivity contribution in [2.75, 3.05) is 24.5 Å². The average molecular weight is 395 g/mol. The van der Waals surface area contributed by atoms with E-state index in [0.717, 1.165) is 18.9 Å². The van der Waals surface area contributed by atoms with Crippen molar-refractivity contribution >= 4 is 40.2 Å². The van der Waals surface area contributed by atoms with Crippen molar-refractivity contribution in [3.63, 3.8) is 0 Å². The molecule has 9 heteroatoms. The number of nitrogens with two attached hydrogens (primary N) is 1. The number of benzene rings is 1. The molecule has 2 unspecified atom stereocenters. The summed E-state index contributed by atoms with van der Waals surface area (Å²) in [5, 5.41) is 10.2. The number of aromatic nitrogens is 1. The van der Waals surface area contributed by atoms with Gasteiger partial charge in [-0.3, -0.25) is 4.79 Å². The lowest BCUT2D eigenvalue weighted by Gasteiger charge is -2.39. The van der Waals surface area contributed by atoms with Crippen LogP contribution >= 0.6 is 11.6 Å². The first-order valence-electron chi connectivity index (χ1n) is 8.84. The second kappa shape index (κ2) is 6.30. The van der Waals surface area contributed by atoms with Crippen LogP contribution in [0.1, 0.15) is 28.9 Å². The number of amides is 2. The minimum Gasteiger partial charge on any atom is -0.465 e. The number of aromatic amines is 1. The third-order valence-corrected chi connectivity index (χ3v) is 6.28. The number of H-pyrrole nitrogens is 1. The van der Waals surface area contributed by atoms with E-state index in [9.17, 15) is 14.7 Å². The van der Waals surface area contributed by atoms with E-state index in [1.165, 1.54) is 4.90 Å². The van der Waals surface area contributed by atoms with Crippen molar-refractivity contribution in [1.29, 1.82) is 0 Å². The minimum atomic E-state index is -0.949. The van der Waals surface area contributed by atoms with Crippen molar-refractivity contribution in [3.05, 3.63) is 28.2 Å². The van der Waals surface area contributed by atoms with Crippen LogP contribution in [0.2, 0.25) is 5.02 Å². The van der Waals surface area contributed by atoms with E-state index < -0.39 is 17.8 Å². The van der Waals surface area contributed by atoms with Gasteiger partial charge >= 0.3 is 6.09 Å². The molecule has 4 N–H and O–H groups in total. The number of nitrogens with zero attached hydrogens (tertiary/aromatic N) is 2. The zero-order chi connectivity index (χ0) is 19.5. The van der Waals surface area contributed by atoms with Gasteiger partial charge in [0.15, 0.2) is 0 Å². The van der Waals surface area contributed by atoms with Crippen LogP contribution in [0.5, 0.6) is 0 Å². The van der Waals surface area contributed by atoms with Crippen LogP contribution in [0.4, 0.5) is 14.9 Å². The van der Waals surface area contributed by atoms with Crippen molar-refractivity contribution in [3.8, 4) is 0 Å². The van der Waals surface area contributed by atoms with Gasteiger partial charge in [0.25, 0.3) is 5.91 Å². The van der Waals surface area contributed by atoms with Gasteiger partial charge in [0.1, 0.15) is 5.82 Å². The first-order valence-corrected chi connectivity index (χ1v) is 9.22. The number of aryl methyl sites for hydroxylation is 1. The predicted molar refractivity (Wildman–Crippen MR) is 100.0 cm³/mol. The summed E-state index contributed by atoms with van der Waals surface area (Å²) in [7, 11) is 0. The highest BCUT2D eigenvalue weighted by Crippen LogP contribution is 2.42. The molecule has 2 aliphatic rings. The monoisotopic (exact) mass is 394 g/mol. The molecular formula is C18H20ClFN4O3. The molecule has 4 rings (SSSR count). The summed E-state index contributed by atoms with van der Waals surface area (Å²) in [6, 6.07) is 0.947. The fourth-order valence-electron chi connectivity index (χ4n) is 4.50. The minimum absolute atomic E-state index is 0.0455. The molecule has 2 aliphatic heterocycles. The van der Waals surface area contributed by atoms with E-state index in [2.05, 4.69) is 4.98 Å². The van der Waals surface area contributed by atoms with E-state index in [-0.39, 0.29) is 17.5 Å². The lowest BCUT2D eigenvalue weighted by atomic mass is 9.91. The molecule has 0 saturated carbocycles. The summed E-state index contributed by atoms with van der Waals surface area (Å²) in [6.07, 6.45) is 0.649. The van der Waals surface area contributed by atoms with E-state index in [1.807, 2.05) is 4.90 Å². The molecule has 7 nitrogen and oxygen atoms in total. The number of halogens is 2. The van der Waals surface area contributed by atoms with Crippen molar-refractivity contribution in [2.24, 2.45) is 11.7 Å². The second-order valence-electron chi connectivity index (χ2n) is 7.26. The van der Waals surface area contributed by atoms with Crippen molar-refractivity contribution < 1.29 is 19.1 Å². The van der Waals surface area contributed by atoms with Gasteiger partial charge in [-0.15, -0.1) is 0 Å². The van der Waals surface area contributed by atoms with Crippen LogP contribution < -0.4 is 10.6 Å². The summed E-state index contributed by atoms with van der Waals surface area (Å²) >= 11 is 6.42. The molecule has 0 radical (unpaired) electrons. The highest BCUT2D eigenvalue weighted by Gasteiger charge is 2.41. The zero-order valence-electron chi connectivity index (χ0n) is 14.8. The Morgan fingerprint density at radius 2 is 2.07 bits per heavy atom. The molecule has 3 heterocycles. The Balaban J connectivity index is 1.82. The van der Waals surface area contributed by atoms with Crippen LogP contribution in [-0.4, -0.2) is 52.7 Å². The number of primary amides is 1. The molecule has 1 aromatic heterocycles. The van der Waals surface area contributed by atoms with Crippen molar-refractivity contribution in [1.82, 2.24) is 9.88 Å². The lowest BCUT2D eigenvalue weighted by Crippen LogP contribution is -2.50. The Labute approximate surface area is 159 Å². The SMILES string of the molecule is Cc1[nH]c2c(C(N)=O)cc(F)c(N3CCC4CCN(C(=O)O)C4C3)c2c1Cl. The maximum atomic E-state index is 15.1. The van der Waals surface area contributed by atoms with E-state index >= 15 is 4.39 Å². The summed E-state index contributed by atoms with van der Waals surface area (Å²) in [6.45, 7) is 3.22. The number of piperidine rings is 1.